The van der Waals surface area contributed by atoms with Gasteiger partial charge in [-0.15, -0.1) is 0 Å². The number of nitrogens with one attached hydrogen (secondary N) is 1. The number of aromatic nitrogens is 1. The highest BCUT2D eigenvalue weighted by molar-refractivity contribution is 5.83. The molecule has 0 amide bonds. The fourth-order valence-electron chi connectivity index (χ4n) is 2.62. The molecular weight excluding hydrogens is 196 g/mol. The van der Waals surface area contributed by atoms with Crippen LogP contribution < -0.4 is 0 Å². The van der Waals surface area contributed by atoms with Crippen molar-refractivity contribution in [3.8, 4) is 0 Å². The SMILES string of the molecule is c1ccc2c(CCN3CCCC3)c[nH]c2c1. The van der Waals surface area contributed by atoms with E-state index in [0.29, 0.717) is 0 Å². The molecule has 1 aromatic carbocycles. The smallest absolute Gasteiger partial charge is 0.0456 e. The number of rotatable bonds is 3. The van der Waals surface area contributed by atoms with Crippen LogP contribution in [0.4, 0.5) is 0 Å². The number of hydrogen-bond acceptors (Lipinski definition) is 1. The van der Waals surface area contributed by atoms with Gasteiger partial charge in [0.05, 0.1) is 0 Å². The Balaban J connectivity index is 1.73. The minimum Gasteiger partial charge on any atom is -0.361 e. The van der Waals surface area contributed by atoms with E-state index in [4.69, 9.17) is 0 Å². The van der Waals surface area contributed by atoms with E-state index in [1.807, 2.05) is 0 Å². The van der Waals surface area contributed by atoms with E-state index in [-0.39, 0.29) is 0 Å². The second kappa shape index (κ2) is 4.30. The summed E-state index contributed by atoms with van der Waals surface area (Å²) >= 11 is 0. The van der Waals surface area contributed by atoms with Gasteiger partial charge in [-0.25, -0.2) is 0 Å². The molecule has 1 N–H and O–H groups in total. The molecule has 2 heteroatoms. The van der Waals surface area contributed by atoms with Crippen molar-refractivity contribution in [3.63, 3.8) is 0 Å². The van der Waals surface area contributed by atoms with Crippen LogP contribution in [-0.2, 0) is 6.42 Å². The van der Waals surface area contributed by atoms with Crippen LogP contribution in [0.1, 0.15) is 18.4 Å². The summed E-state index contributed by atoms with van der Waals surface area (Å²) in [5.74, 6) is 0. The van der Waals surface area contributed by atoms with Gasteiger partial charge in [0.1, 0.15) is 0 Å². The normalized spacial score (nSPS) is 17.2. The topological polar surface area (TPSA) is 19.0 Å². The molecule has 0 bridgehead atoms. The molecule has 1 saturated heterocycles. The van der Waals surface area contributed by atoms with Crippen LogP contribution in [0.15, 0.2) is 30.5 Å². The fourth-order valence-corrected chi connectivity index (χ4v) is 2.62. The van der Waals surface area contributed by atoms with Gasteiger partial charge in [0.2, 0.25) is 0 Å². The first-order valence-electron chi connectivity index (χ1n) is 6.21. The van der Waals surface area contributed by atoms with Crippen LogP contribution in [-0.4, -0.2) is 29.5 Å². The van der Waals surface area contributed by atoms with Crippen LogP contribution in [0.25, 0.3) is 10.9 Å². The third-order valence-electron chi connectivity index (χ3n) is 3.57. The summed E-state index contributed by atoms with van der Waals surface area (Å²) in [7, 11) is 0. The van der Waals surface area contributed by atoms with Crippen LogP contribution in [0.3, 0.4) is 0 Å². The zero-order valence-electron chi connectivity index (χ0n) is 9.58. The lowest BCUT2D eigenvalue weighted by Gasteiger charge is -2.13. The molecule has 0 aliphatic carbocycles. The van der Waals surface area contributed by atoms with Crippen molar-refractivity contribution in [1.82, 2.24) is 9.88 Å². The molecule has 0 radical (unpaired) electrons. The lowest BCUT2D eigenvalue weighted by molar-refractivity contribution is 0.344. The Labute approximate surface area is 96.3 Å². The Bertz CT molecular complexity index is 466. The summed E-state index contributed by atoms with van der Waals surface area (Å²) in [5.41, 5.74) is 2.72. The van der Waals surface area contributed by atoms with Crippen LogP contribution in [0.5, 0.6) is 0 Å². The van der Waals surface area contributed by atoms with E-state index in [1.54, 1.807) is 0 Å². The van der Waals surface area contributed by atoms with Gasteiger partial charge < -0.3 is 9.88 Å². The fraction of sp³-hybridized carbons (Fsp3) is 0.429. The van der Waals surface area contributed by atoms with Gasteiger partial charge in [-0.1, -0.05) is 18.2 Å². The van der Waals surface area contributed by atoms with Gasteiger partial charge in [0, 0.05) is 23.6 Å². The van der Waals surface area contributed by atoms with Crippen molar-refractivity contribution in [3.05, 3.63) is 36.0 Å². The third kappa shape index (κ3) is 1.85. The molecule has 0 spiro atoms. The average Bonchev–Trinajstić information content (AvgIpc) is 2.96. The first kappa shape index (κ1) is 9.91. The lowest BCUT2D eigenvalue weighted by Crippen LogP contribution is -2.21. The van der Waals surface area contributed by atoms with Gasteiger partial charge in [0.25, 0.3) is 0 Å². The number of para-hydroxylation sites is 1. The summed E-state index contributed by atoms with van der Waals surface area (Å²) in [6, 6.07) is 8.57. The molecule has 2 nitrogen and oxygen atoms in total. The molecule has 84 valence electrons. The van der Waals surface area contributed by atoms with E-state index in [1.165, 1.54) is 55.4 Å². The molecule has 0 atom stereocenters. The zero-order chi connectivity index (χ0) is 10.8. The Morgan fingerprint density at radius 2 is 1.94 bits per heavy atom. The van der Waals surface area contributed by atoms with Crippen molar-refractivity contribution in [2.75, 3.05) is 19.6 Å². The molecule has 0 saturated carbocycles. The zero-order valence-corrected chi connectivity index (χ0v) is 9.58. The Hall–Kier alpha value is -1.28. The van der Waals surface area contributed by atoms with Gasteiger partial charge in [-0.3, -0.25) is 0 Å². The maximum Gasteiger partial charge on any atom is 0.0456 e. The van der Waals surface area contributed by atoms with E-state index in [2.05, 4.69) is 40.3 Å². The first-order valence-corrected chi connectivity index (χ1v) is 6.21. The summed E-state index contributed by atoms with van der Waals surface area (Å²) < 4.78 is 0. The van der Waals surface area contributed by atoms with Gasteiger partial charge in [-0.2, -0.15) is 0 Å². The predicted octanol–water partition coefficient (Wildman–Crippen LogP) is 2.81. The highest BCUT2D eigenvalue weighted by Crippen LogP contribution is 2.19. The van der Waals surface area contributed by atoms with Crippen molar-refractivity contribution >= 4 is 10.9 Å². The highest BCUT2D eigenvalue weighted by atomic mass is 15.1. The highest BCUT2D eigenvalue weighted by Gasteiger charge is 2.11. The third-order valence-corrected chi connectivity index (χ3v) is 3.57. The van der Waals surface area contributed by atoms with E-state index >= 15 is 0 Å². The summed E-state index contributed by atoms with van der Waals surface area (Å²) in [6.45, 7) is 3.80. The molecule has 0 unspecified atom stereocenters. The van der Waals surface area contributed by atoms with Gasteiger partial charge in [-0.05, 0) is 44.0 Å². The maximum atomic E-state index is 3.35. The van der Waals surface area contributed by atoms with Gasteiger partial charge >= 0.3 is 0 Å². The molecule has 1 aliphatic rings. The lowest BCUT2D eigenvalue weighted by atomic mass is 10.1. The van der Waals surface area contributed by atoms with E-state index < -0.39 is 0 Å². The standard InChI is InChI=1S/C14H18N2/c1-2-6-14-13(5-1)12(11-15-14)7-10-16-8-3-4-9-16/h1-2,5-6,11,15H,3-4,7-10H2. The van der Waals surface area contributed by atoms with E-state index in [0.717, 1.165) is 0 Å². The molecule has 1 aromatic heterocycles. The molecule has 2 aromatic rings. The molecule has 1 aliphatic heterocycles. The molecule has 3 rings (SSSR count). The van der Waals surface area contributed by atoms with Gasteiger partial charge in [0.15, 0.2) is 0 Å². The Morgan fingerprint density at radius 3 is 2.81 bits per heavy atom. The Kier molecular flexibility index (Phi) is 2.66. The predicted molar refractivity (Wildman–Crippen MR) is 67.7 cm³/mol. The Morgan fingerprint density at radius 1 is 1.12 bits per heavy atom. The number of benzene rings is 1. The molecule has 2 heterocycles. The first-order chi connectivity index (χ1) is 7.93. The number of aromatic amines is 1. The van der Waals surface area contributed by atoms with Crippen molar-refractivity contribution in [2.24, 2.45) is 0 Å². The second-order valence-corrected chi connectivity index (χ2v) is 4.66. The largest absolute Gasteiger partial charge is 0.361 e. The molecular formula is C14H18N2. The minimum absolute atomic E-state index is 1.17. The van der Waals surface area contributed by atoms with Crippen molar-refractivity contribution < 1.29 is 0 Å². The minimum atomic E-state index is 1.17. The van der Waals surface area contributed by atoms with Crippen LogP contribution >= 0.6 is 0 Å². The summed E-state index contributed by atoms with van der Waals surface area (Å²) in [6.07, 6.45) is 6.10. The monoisotopic (exact) mass is 214 g/mol. The number of H-pyrrole nitrogens is 1. The summed E-state index contributed by atoms with van der Waals surface area (Å²) in [4.78, 5) is 5.92. The molecule has 1 fully saturated rings. The number of fused-ring (bicyclic) bond motifs is 1. The maximum absolute atomic E-state index is 3.35. The number of nitrogens with zero attached hydrogens (tertiary/aromatic N) is 1. The second-order valence-electron chi connectivity index (χ2n) is 4.66. The van der Waals surface area contributed by atoms with Crippen LogP contribution in [0, 0.1) is 0 Å². The number of likely N-dealkylation sites (tertiary alicyclic amines) is 1. The van der Waals surface area contributed by atoms with E-state index in [9.17, 15) is 0 Å². The van der Waals surface area contributed by atoms with Crippen molar-refractivity contribution in [1.29, 1.82) is 0 Å². The van der Waals surface area contributed by atoms with Crippen molar-refractivity contribution in [2.45, 2.75) is 19.3 Å². The number of hydrogen-bond donors (Lipinski definition) is 1. The summed E-state index contributed by atoms with van der Waals surface area (Å²) in [5, 5.41) is 1.39. The average molecular weight is 214 g/mol. The quantitative estimate of drug-likeness (QED) is 0.832. The van der Waals surface area contributed by atoms with Crippen LogP contribution in [0.2, 0.25) is 0 Å². The molecule has 16 heavy (non-hydrogen) atoms.